The van der Waals surface area contributed by atoms with Crippen LogP contribution in [0.3, 0.4) is 0 Å². The zero-order valence-corrected chi connectivity index (χ0v) is 10.9. The molecule has 0 saturated carbocycles. The summed E-state index contributed by atoms with van der Waals surface area (Å²) in [6.07, 6.45) is 5.08. The van der Waals surface area contributed by atoms with Crippen molar-refractivity contribution in [3.05, 3.63) is 0 Å². The molecule has 0 aliphatic carbocycles. The molecule has 0 aromatic rings. The lowest BCUT2D eigenvalue weighted by Gasteiger charge is -2.41. The Bertz CT molecular complexity index is 223. The summed E-state index contributed by atoms with van der Waals surface area (Å²) in [6, 6.07) is 0. The van der Waals surface area contributed by atoms with E-state index in [-0.39, 0.29) is 0 Å². The van der Waals surface area contributed by atoms with Gasteiger partial charge in [-0.2, -0.15) is 0 Å². The molecule has 0 amide bonds. The van der Waals surface area contributed by atoms with Gasteiger partial charge in [0.15, 0.2) is 0 Å². The molecule has 0 spiro atoms. The van der Waals surface area contributed by atoms with Crippen molar-refractivity contribution in [2.24, 2.45) is 16.3 Å². The average molecular weight is 226 g/mol. The number of hydrazine groups is 1. The molecule has 16 heavy (non-hydrogen) atoms. The van der Waals surface area contributed by atoms with Gasteiger partial charge in [0.1, 0.15) is 0 Å². The van der Waals surface area contributed by atoms with E-state index in [0.717, 1.165) is 25.6 Å². The molecule has 94 valence electrons. The molecule has 0 bridgehead atoms. The van der Waals surface area contributed by atoms with Crippen LogP contribution < -0.4 is 11.3 Å². The predicted octanol–water partition coefficient (Wildman–Crippen LogP) is 1.73. The van der Waals surface area contributed by atoms with Gasteiger partial charge in [0, 0.05) is 19.6 Å². The molecule has 0 radical (unpaired) electrons. The molecular formula is C12H26N4. The fraction of sp³-hybridized carbons (Fsp3) is 0.917. The highest BCUT2D eigenvalue weighted by Crippen LogP contribution is 2.37. The number of nitrogens with two attached hydrogens (primary N) is 1. The second-order valence-corrected chi connectivity index (χ2v) is 4.64. The van der Waals surface area contributed by atoms with Gasteiger partial charge in [-0.15, -0.1) is 0 Å². The van der Waals surface area contributed by atoms with Crippen molar-refractivity contribution in [1.82, 2.24) is 10.3 Å². The van der Waals surface area contributed by atoms with Gasteiger partial charge in [0.25, 0.3) is 0 Å². The number of aliphatic imine (C=N–C) groups is 1. The Morgan fingerprint density at radius 1 is 1.25 bits per heavy atom. The monoisotopic (exact) mass is 226 g/mol. The largest absolute Gasteiger partial charge is 0.342 e. The maximum Gasteiger partial charge on any atom is 0.208 e. The molecule has 4 heteroatoms. The van der Waals surface area contributed by atoms with Crippen molar-refractivity contribution in [2.45, 2.75) is 46.5 Å². The Morgan fingerprint density at radius 2 is 1.81 bits per heavy atom. The minimum absolute atomic E-state index is 0.558. The Balaban J connectivity index is 2.57. The minimum atomic E-state index is 0.558. The van der Waals surface area contributed by atoms with Gasteiger partial charge in [-0.25, -0.2) is 5.84 Å². The Kier molecular flexibility index (Phi) is 5.06. The van der Waals surface area contributed by atoms with Crippen LogP contribution in [-0.2, 0) is 0 Å². The summed E-state index contributed by atoms with van der Waals surface area (Å²) in [4.78, 5) is 6.64. The molecule has 1 heterocycles. The smallest absolute Gasteiger partial charge is 0.208 e. The van der Waals surface area contributed by atoms with Crippen LogP contribution in [0.5, 0.6) is 0 Å². The zero-order chi connectivity index (χ0) is 12.0. The van der Waals surface area contributed by atoms with E-state index in [2.05, 4.69) is 29.2 Å². The van der Waals surface area contributed by atoms with Gasteiger partial charge in [-0.1, -0.05) is 26.7 Å². The Morgan fingerprint density at radius 3 is 2.19 bits per heavy atom. The number of likely N-dealkylation sites (tertiary alicyclic amines) is 1. The highest BCUT2D eigenvalue weighted by atomic mass is 15.4. The van der Waals surface area contributed by atoms with E-state index >= 15 is 0 Å². The van der Waals surface area contributed by atoms with E-state index in [4.69, 9.17) is 5.84 Å². The second-order valence-electron chi connectivity index (χ2n) is 4.64. The van der Waals surface area contributed by atoms with Crippen LogP contribution in [0.1, 0.15) is 46.5 Å². The number of hydrogen-bond acceptors (Lipinski definition) is 2. The summed E-state index contributed by atoms with van der Waals surface area (Å²) in [5.74, 6) is 6.35. The summed E-state index contributed by atoms with van der Waals surface area (Å²) in [6.45, 7) is 9.57. The van der Waals surface area contributed by atoms with Crippen LogP contribution in [0, 0.1) is 5.41 Å². The lowest BCUT2D eigenvalue weighted by atomic mass is 9.74. The van der Waals surface area contributed by atoms with Crippen molar-refractivity contribution >= 4 is 5.96 Å². The molecule has 0 aromatic heterocycles. The standard InChI is InChI=1S/C12H26N4/c1-4-12(5-2)7-9-16(10-8-12)11(15-13)14-6-3/h4-10,13H2,1-3H3,(H,14,15). The highest BCUT2D eigenvalue weighted by Gasteiger charge is 2.31. The van der Waals surface area contributed by atoms with Crippen LogP contribution in [0.15, 0.2) is 4.99 Å². The van der Waals surface area contributed by atoms with Gasteiger partial charge >= 0.3 is 0 Å². The SMILES string of the molecule is CCN=C(NN)N1CCC(CC)(CC)CC1. The van der Waals surface area contributed by atoms with E-state index in [1.165, 1.54) is 25.7 Å². The van der Waals surface area contributed by atoms with Crippen molar-refractivity contribution in [3.63, 3.8) is 0 Å². The third-order valence-electron chi connectivity index (χ3n) is 4.06. The Hall–Kier alpha value is -0.770. The summed E-state index contributed by atoms with van der Waals surface area (Å²) in [7, 11) is 0. The van der Waals surface area contributed by atoms with Crippen LogP contribution in [-0.4, -0.2) is 30.5 Å². The number of rotatable bonds is 3. The molecule has 0 unspecified atom stereocenters. The van der Waals surface area contributed by atoms with Gasteiger partial charge in [-0.3, -0.25) is 10.4 Å². The van der Waals surface area contributed by atoms with Gasteiger partial charge in [0.05, 0.1) is 0 Å². The highest BCUT2D eigenvalue weighted by molar-refractivity contribution is 5.79. The molecule has 1 saturated heterocycles. The number of nitrogens with zero attached hydrogens (tertiary/aromatic N) is 2. The zero-order valence-electron chi connectivity index (χ0n) is 10.9. The first-order chi connectivity index (χ1) is 7.71. The second kappa shape index (κ2) is 6.09. The van der Waals surface area contributed by atoms with Gasteiger partial charge in [-0.05, 0) is 25.2 Å². The number of piperidine rings is 1. The van der Waals surface area contributed by atoms with Gasteiger partial charge in [0.2, 0.25) is 5.96 Å². The number of guanidine groups is 1. The normalized spacial score (nSPS) is 21.0. The Labute approximate surface area is 99.3 Å². The van der Waals surface area contributed by atoms with E-state index in [9.17, 15) is 0 Å². The number of hydrogen-bond donors (Lipinski definition) is 2. The first-order valence-electron chi connectivity index (χ1n) is 6.47. The fourth-order valence-electron chi connectivity index (χ4n) is 2.54. The lowest BCUT2D eigenvalue weighted by molar-refractivity contribution is 0.133. The molecule has 1 aliphatic rings. The van der Waals surface area contributed by atoms with E-state index in [0.29, 0.717) is 5.41 Å². The van der Waals surface area contributed by atoms with Crippen molar-refractivity contribution in [1.29, 1.82) is 0 Å². The average Bonchev–Trinajstić information content (AvgIpc) is 2.36. The number of nitrogens with one attached hydrogen (secondary N) is 1. The van der Waals surface area contributed by atoms with Crippen molar-refractivity contribution < 1.29 is 0 Å². The van der Waals surface area contributed by atoms with Crippen LogP contribution >= 0.6 is 0 Å². The third-order valence-corrected chi connectivity index (χ3v) is 4.06. The first kappa shape index (κ1) is 13.3. The fourth-order valence-corrected chi connectivity index (χ4v) is 2.54. The summed E-state index contributed by atoms with van der Waals surface area (Å²) in [5.41, 5.74) is 3.27. The van der Waals surface area contributed by atoms with Crippen LogP contribution in [0.2, 0.25) is 0 Å². The van der Waals surface area contributed by atoms with E-state index in [1.54, 1.807) is 0 Å². The summed E-state index contributed by atoms with van der Waals surface area (Å²) >= 11 is 0. The third kappa shape index (κ3) is 2.88. The molecule has 1 fully saturated rings. The summed E-state index contributed by atoms with van der Waals surface area (Å²) < 4.78 is 0. The molecule has 4 nitrogen and oxygen atoms in total. The molecular weight excluding hydrogens is 200 g/mol. The topological polar surface area (TPSA) is 53.6 Å². The molecule has 0 aromatic carbocycles. The van der Waals surface area contributed by atoms with E-state index < -0.39 is 0 Å². The van der Waals surface area contributed by atoms with E-state index in [1.807, 2.05) is 6.92 Å². The van der Waals surface area contributed by atoms with Crippen LogP contribution in [0.25, 0.3) is 0 Å². The molecule has 1 aliphatic heterocycles. The van der Waals surface area contributed by atoms with Gasteiger partial charge < -0.3 is 4.90 Å². The minimum Gasteiger partial charge on any atom is -0.342 e. The molecule has 0 atom stereocenters. The van der Waals surface area contributed by atoms with Crippen LogP contribution in [0.4, 0.5) is 0 Å². The maximum atomic E-state index is 5.50. The molecule has 3 N–H and O–H groups in total. The predicted molar refractivity (Wildman–Crippen MR) is 69.1 cm³/mol. The lowest BCUT2D eigenvalue weighted by Crippen LogP contribution is -2.50. The maximum absolute atomic E-state index is 5.50. The quantitative estimate of drug-likeness (QED) is 0.333. The summed E-state index contributed by atoms with van der Waals surface area (Å²) in [5, 5.41) is 0. The van der Waals surface area contributed by atoms with Crippen molar-refractivity contribution in [2.75, 3.05) is 19.6 Å². The van der Waals surface area contributed by atoms with Crippen molar-refractivity contribution in [3.8, 4) is 0 Å². The molecule has 1 rings (SSSR count). The first-order valence-corrected chi connectivity index (χ1v) is 6.47.